The summed E-state index contributed by atoms with van der Waals surface area (Å²) in [6.45, 7) is 5.72. The third kappa shape index (κ3) is 5.79. The molecule has 1 aliphatic rings. The standard InChI is InChI=1S/C10H22N2O3S/c1-16(14,15)10-2-3-11-4-6-12(7-5-11)8-9-13/h13H,2-10H2,1H3. The van der Waals surface area contributed by atoms with Crippen LogP contribution in [0.5, 0.6) is 0 Å². The molecule has 0 bridgehead atoms. The maximum atomic E-state index is 11.0. The van der Waals surface area contributed by atoms with Crippen molar-refractivity contribution < 1.29 is 13.5 Å². The minimum absolute atomic E-state index is 0.216. The topological polar surface area (TPSA) is 60.9 Å². The van der Waals surface area contributed by atoms with Gasteiger partial charge < -0.3 is 10.0 Å². The highest BCUT2D eigenvalue weighted by Gasteiger charge is 2.16. The van der Waals surface area contributed by atoms with Crippen molar-refractivity contribution in [2.75, 3.05) is 57.9 Å². The molecule has 0 saturated carbocycles. The smallest absolute Gasteiger partial charge is 0.147 e. The van der Waals surface area contributed by atoms with Crippen molar-refractivity contribution in [2.24, 2.45) is 0 Å². The van der Waals surface area contributed by atoms with E-state index in [4.69, 9.17) is 5.11 Å². The van der Waals surface area contributed by atoms with E-state index in [1.54, 1.807) is 0 Å². The molecule has 5 nitrogen and oxygen atoms in total. The van der Waals surface area contributed by atoms with Gasteiger partial charge in [0.2, 0.25) is 0 Å². The third-order valence-corrected chi connectivity index (χ3v) is 3.90. The number of piperazine rings is 1. The van der Waals surface area contributed by atoms with Crippen molar-refractivity contribution >= 4 is 9.84 Å². The molecule has 96 valence electrons. The Labute approximate surface area is 98.0 Å². The average Bonchev–Trinajstić information content (AvgIpc) is 2.19. The van der Waals surface area contributed by atoms with E-state index < -0.39 is 9.84 Å². The molecule has 1 rings (SSSR count). The van der Waals surface area contributed by atoms with Gasteiger partial charge >= 0.3 is 0 Å². The highest BCUT2D eigenvalue weighted by atomic mass is 32.2. The fourth-order valence-corrected chi connectivity index (χ4v) is 2.58. The molecule has 0 aromatic carbocycles. The van der Waals surface area contributed by atoms with E-state index in [9.17, 15) is 8.42 Å². The van der Waals surface area contributed by atoms with Crippen molar-refractivity contribution in [1.29, 1.82) is 0 Å². The second kappa shape index (κ2) is 6.54. The fourth-order valence-electron chi connectivity index (χ4n) is 1.93. The van der Waals surface area contributed by atoms with Gasteiger partial charge in [0.25, 0.3) is 0 Å². The van der Waals surface area contributed by atoms with Crippen LogP contribution in [0.3, 0.4) is 0 Å². The molecule has 0 amide bonds. The normalized spacial score (nSPS) is 20.1. The monoisotopic (exact) mass is 250 g/mol. The Morgan fingerprint density at radius 1 is 1.06 bits per heavy atom. The lowest BCUT2D eigenvalue weighted by atomic mass is 10.3. The Kier molecular flexibility index (Phi) is 5.68. The van der Waals surface area contributed by atoms with E-state index in [-0.39, 0.29) is 12.4 Å². The first-order valence-electron chi connectivity index (χ1n) is 5.74. The molecule has 0 spiro atoms. The summed E-state index contributed by atoms with van der Waals surface area (Å²) >= 11 is 0. The molecule has 0 unspecified atom stereocenters. The number of nitrogens with zero attached hydrogens (tertiary/aromatic N) is 2. The van der Waals surface area contributed by atoms with Crippen molar-refractivity contribution in [2.45, 2.75) is 6.42 Å². The Morgan fingerprint density at radius 2 is 1.56 bits per heavy atom. The lowest BCUT2D eigenvalue weighted by Gasteiger charge is -2.34. The van der Waals surface area contributed by atoms with Gasteiger partial charge in [0, 0.05) is 39.0 Å². The SMILES string of the molecule is CS(=O)(=O)CCCN1CCN(CCO)CC1. The molecule has 0 atom stereocenters. The van der Waals surface area contributed by atoms with E-state index in [1.165, 1.54) is 6.26 Å². The van der Waals surface area contributed by atoms with Crippen LogP contribution in [-0.2, 0) is 9.84 Å². The van der Waals surface area contributed by atoms with Crippen LogP contribution in [0.15, 0.2) is 0 Å². The van der Waals surface area contributed by atoms with Crippen LogP contribution in [0, 0.1) is 0 Å². The maximum absolute atomic E-state index is 11.0. The summed E-state index contributed by atoms with van der Waals surface area (Å²) in [5, 5.41) is 8.79. The first kappa shape index (κ1) is 13.9. The van der Waals surface area contributed by atoms with Gasteiger partial charge in [0.1, 0.15) is 9.84 Å². The van der Waals surface area contributed by atoms with Crippen molar-refractivity contribution in [3.8, 4) is 0 Å². The minimum atomic E-state index is -2.81. The number of β-amino-alcohol motifs (C(OH)–C–C–N with tert-alkyl or cyclic N) is 1. The molecule has 0 aromatic heterocycles. The maximum Gasteiger partial charge on any atom is 0.147 e. The largest absolute Gasteiger partial charge is 0.395 e. The summed E-state index contributed by atoms with van der Waals surface area (Å²) in [5.41, 5.74) is 0. The number of hydrogen-bond donors (Lipinski definition) is 1. The summed E-state index contributed by atoms with van der Waals surface area (Å²) < 4.78 is 21.9. The van der Waals surface area contributed by atoms with Crippen LogP contribution in [0.1, 0.15) is 6.42 Å². The summed E-state index contributed by atoms with van der Waals surface area (Å²) in [6, 6.07) is 0. The zero-order valence-corrected chi connectivity index (χ0v) is 10.7. The minimum Gasteiger partial charge on any atom is -0.395 e. The van der Waals surface area contributed by atoms with Gasteiger partial charge in [-0.2, -0.15) is 0 Å². The second-order valence-electron chi connectivity index (χ2n) is 4.39. The van der Waals surface area contributed by atoms with E-state index in [0.717, 1.165) is 45.7 Å². The van der Waals surface area contributed by atoms with Crippen LogP contribution in [-0.4, -0.2) is 81.2 Å². The molecule has 1 N–H and O–H groups in total. The van der Waals surface area contributed by atoms with Crippen LogP contribution in [0.2, 0.25) is 0 Å². The third-order valence-electron chi connectivity index (χ3n) is 2.87. The Hall–Kier alpha value is -0.170. The van der Waals surface area contributed by atoms with Crippen LogP contribution < -0.4 is 0 Å². The van der Waals surface area contributed by atoms with E-state index in [0.29, 0.717) is 0 Å². The zero-order chi connectivity index (χ0) is 12.0. The lowest BCUT2D eigenvalue weighted by Crippen LogP contribution is -2.47. The van der Waals surface area contributed by atoms with Gasteiger partial charge in [-0.1, -0.05) is 0 Å². The molecule has 1 fully saturated rings. The molecule has 6 heteroatoms. The number of rotatable bonds is 6. The van der Waals surface area contributed by atoms with Gasteiger partial charge in [-0.15, -0.1) is 0 Å². The van der Waals surface area contributed by atoms with Gasteiger partial charge in [-0.05, 0) is 13.0 Å². The molecular formula is C10H22N2O3S. The number of hydrogen-bond acceptors (Lipinski definition) is 5. The Balaban J connectivity index is 2.13. The van der Waals surface area contributed by atoms with E-state index >= 15 is 0 Å². The highest BCUT2D eigenvalue weighted by molar-refractivity contribution is 7.90. The Bertz CT molecular complexity index is 284. The van der Waals surface area contributed by atoms with Gasteiger partial charge in [-0.3, -0.25) is 4.90 Å². The second-order valence-corrected chi connectivity index (χ2v) is 6.65. The van der Waals surface area contributed by atoms with Gasteiger partial charge in [0.15, 0.2) is 0 Å². The summed E-state index contributed by atoms with van der Waals surface area (Å²) in [5.74, 6) is 0.282. The summed E-state index contributed by atoms with van der Waals surface area (Å²) in [4.78, 5) is 4.52. The summed E-state index contributed by atoms with van der Waals surface area (Å²) in [7, 11) is -2.81. The number of aliphatic hydroxyl groups excluding tert-OH is 1. The predicted octanol–water partition coefficient (Wildman–Crippen LogP) is -0.969. The average molecular weight is 250 g/mol. The first-order valence-corrected chi connectivity index (χ1v) is 7.80. The molecule has 0 radical (unpaired) electrons. The molecular weight excluding hydrogens is 228 g/mol. The van der Waals surface area contributed by atoms with Gasteiger partial charge in [0.05, 0.1) is 12.4 Å². The van der Waals surface area contributed by atoms with Crippen LogP contribution >= 0.6 is 0 Å². The molecule has 1 aliphatic heterocycles. The summed E-state index contributed by atoms with van der Waals surface area (Å²) in [6.07, 6.45) is 2.00. The molecule has 16 heavy (non-hydrogen) atoms. The van der Waals surface area contributed by atoms with Crippen molar-refractivity contribution in [3.63, 3.8) is 0 Å². The Morgan fingerprint density at radius 3 is 2.00 bits per heavy atom. The molecule has 0 aliphatic carbocycles. The zero-order valence-electron chi connectivity index (χ0n) is 9.93. The molecule has 0 aromatic rings. The highest BCUT2D eigenvalue weighted by Crippen LogP contribution is 2.02. The molecule has 1 saturated heterocycles. The van der Waals surface area contributed by atoms with Crippen LogP contribution in [0.25, 0.3) is 0 Å². The number of aliphatic hydroxyl groups is 1. The lowest BCUT2D eigenvalue weighted by molar-refractivity contribution is 0.113. The van der Waals surface area contributed by atoms with E-state index in [1.807, 2.05) is 0 Å². The fraction of sp³-hybridized carbons (Fsp3) is 1.00. The number of sulfone groups is 1. The first-order chi connectivity index (χ1) is 7.51. The van der Waals surface area contributed by atoms with Gasteiger partial charge in [-0.25, -0.2) is 8.42 Å². The molecule has 1 heterocycles. The van der Waals surface area contributed by atoms with E-state index in [2.05, 4.69) is 9.80 Å². The van der Waals surface area contributed by atoms with Crippen molar-refractivity contribution in [1.82, 2.24) is 9.80 Å². The predicted molar refractivity (Wildman–Crippen MR) is 64.3 cm³/mol. The quantitative estimate of drug-likeness (QED) is 0.657. The van der Waals surface area contributed by atoms with Crippen molar-refractivity contribution in [3.05, 3.63) is 0 Å². The van der Waals surface area contributed by atoms with Crippen LogP contribution in [0.4, 0.5) is 0 Å².